The van der Waals surface area contributed by atoms with E-state index in [1.807, 2.05) is 30.0 Å². The minimum atomic E-state index is -0.0261. The monoisotopic (exact) mass is 374 g/mol. The number of carbonyl (C=O) groups excluding carboxylic acids is 1. The molecule has 23 heavy (non-hydrogen) atoms. The number of hydrogen-bond acceptors (Lipinski definition) is 4. The Morgan fingerprint density at radius 3 is 2.61 bits per heavy atom. The molecule has 0 radical (unpaired) electrons. The van der Waals surface area contributed by atoms with Crippen molar-refractivity contribution in [3.05, 3.63) is 46.3 Å². The van der Waals surface area contributed by atoms with E-state index in [9.17, 15) is 4.79 Å². The fraction of sp³-hybridized carbons (Fsp3) is 0.353. The minimum Gasteiger partial charge on any atom is -0.339 e. The Kier molecular flexibility index (Phi) is 4.91. The molecule has 5 nitrogen and oxygen atoms in total. The maximum atomic E-state index is 12.3. The van der Waals surface area contributed by atoms with Crippen LogP contribution in [-0.2, 0) is 0 Å². The van der Waals surface area contributed by atoms with E-state index in [0.29, 0.717) is 11.5 Å². The first kappa shape index (κ1) is 15.9. The van der Waals surface area contributed by atoms with E-state index in [1.165, 1.54) is 12.0 Å². The topological polar surface area (TPSA) is 58.1 Å². The van der Waals surface area contributed by atoms with Crippen LogP contribution in [0.15, 0.2) is 35.1 Å². The number of aromatic nitrogens is 2. The summed E-state index contributed by atoms with van der Waals surface area (Å²) in [6, 6.07) is 5.99. The van der Waals surface area contributed by atoms with E-state index < -0.39 is 0 Å². The number of piperidine rings is 1. The first-order valence-electron chi connectivity index (χ1n) is 7.78. The zero-order chi connectivity index (χ0) is 16.2. The zero-order valence-electron chi connectivity index (χ0n) is 13.1. The maximum Gasteiger partial charge on any atom is 0.274 e. The molecule has 0 bridgehead atoms. The Balaban J connectivity index is 1.68. The van der Waals surface area contributed by atoms with Crippen molar-refractivity contribution in [2.24, 2.45) is 0 Å². The van der Waals surface area contributed by atoms with E-state index in [2.05, 4.69) is 31.2 Å². The van der Waals surface area contributed by atoms with Crippen molar-refractivity contribution in [1.82, 2.24) is 14.9 Å². The SMILES string of the molecule is Cc1ccc(Nc2cnc(C(=O)N3CCCCC3)cn2)cc1Br. The van der Waals surface area contributed by atoms with Crippen molar-refractivity contribution in [3.63, 3.8) is 0 Å². The number of anilines is 2. The van der Waals surface area contributed by atoms with Gasteiger partial charge in [0.25, 0.3) is 5.91 Å². The summed E-state index contributed by atoms with van der Waals surface area (Å²) in [5.74, 6) is 0.595. The molecule has 3 rings (SSSR count). The summed E-state index contributed by atoms with van der Waals surface area (Å²) in [7, 11) is 0. The van der Waals surface area contributed by atoms with Gasteiger partial charge in [0.05, 0.1) is 12.4 Å². The number of benzene rings is 1. The van der Waals surface area contributed by atoms with E-state index in [-0.39, 0.29) is 5.91 Å². The summed E-state index contributed by atoms with van der Waals surface area (Å²) >= 11 is 3.51. The Morgan fingerprint density at radius 2 is 1.96 bits per heavy atom. The molecule has 0 saturated carbocycles. The molecule has 1 aliphatic rings. The molecule has 0 aliphatic carbocycles. The third kappa shape index (κ3) is 3.88. The van der Waals surface area contributed by atoms with Crippen molar-refractivity contribution in [1.29, 1.82) is 0 Å². The highest BCUT2D eigenvalue weighted by Crippen LogP contribution is 2.22. The third-order valence-corrected chi connectivity index (χ3v) is 4.81. The average Bonchev–Trinajstić information content (AvgIpc) is 2.59. The lowest BCUT2D eigenvalue weighted by molar-refractivity contribution is 0.0718. The van der Waals surface area contributed by atoms with Gasteiger partial charge >= 0.3 is 0 Å². The lowest BCUT2D eigenvalue weighted by Crippen LogP contribution is -2.36. The molecular weight excluding hydrogens is 356 g/mol. The number of nitrogens with zero attached hydrogens (tertiary/aromatic N) is 3. The van der Waals surface area contributed by atoms with Crippen LogP contribution in [0.1, 0.15) is 35.3 Å². The molecule has 1 fully saturated rings. The van der Waals surface area contributed by atoms with Crippen molar-refractivity contribution in [2.45, 2.75) is 26.2 Å². The van der Waals surface area contributed by atoms with E-state index >= 15 is 0 Å². The van der Waals surface area contributed by atoms with Crippen LogP contribution >= 0.6 is 15.9 Å². The summed E-state index contributed by atoms with van der Waals surface area (Å²) < 4.78 is 1.03. The first-order valence-corrected chi connectivity index (χ1v) is 8.57. The van der Waals surface area contributed by atoms with Gasteiger partial charge < -0.3 is 10.2 Å². The summed E-state index contributed by atoms with van der Waals surface area (Å²) in [5.41, 5.74) is 2.50. The number of hydrogen-bond donors (Lipinski definition) is 1. The predicted molar refractivity (Wildman–Crippen MR) is 93.9 cm³/mol. The molecule has 1 aromatic heterocycles. The van der Waals surface area contributed by atoms with Gasteiger partial charge in [0.15, 0.2) is 0 Å². The van der Waals surface area contributed by atoms with Gasteiger partial charge in [0, 0.05) is 23.2 Å². The predicted octanol–water partition coefficient (Wildman–Crippen LogP) is 3.92. The van der Waals surface area contributed by atoms with E-state index in [1.54, 1.807) is 12.4 Å². The van der Waals surface area contributed by atoms with Gasteiger partial charge in [-0.2, -0.15) is 0 Å². The highest BCUT2D eigenvalue weighted by molar-refractivity contribution is 9.10. The number of halogens is 1. The van der Waals surface area contributed by atoms with Crippen LogP contribution in [-0.4, -0.2) is 33.9 Å². The Labute approximate surface area is 144 Å². The van der Waals surface area contributed by atoms with Crippen LogP contribution in [0.25, 0.3) is 0 Å². The second-order valence-electron chi connectivity index (χ2n) is 5.73. The standard InChI is InChI=1S/C17H19BrN4O/c1-12-5-6-13(9-14(12)18)21-16-11-19-15(10-20-16)17(23)22-7-3-2-4-8-22/h5-6,9-11H,2-4,7-8H2,1H3,(H,20,21). The van der Waals surface area contributed by atoms with Gasteiger partial charge in [0.2, 0.25) is 0 Å². The van der Waals surface area contributed by atoms with Gasteiger partial charge in [-0.25, -0.2) is 9.97 Å². The summed E-state index contributed by atoms with van der Waals surface area (Å²) in [6.45, 7) is 3.67. The van der Waals surface area contributed by atoms with Crippen LogP contribution in [0.4, 0.5) is 11.5 Å². The van der Waals surface area contributed by atoms with Gasteiger partial charge in [-0.1, -0.05) is 22.0 Å². The molecule has 1 aromatic carbocycles. The number of aryl methyl sites for hydroxylation is 1. The zero-order valence-corrected chi connectivity index (χ0v) is 14.6. The van der Waals surface area contributed by atoms with Crippen molar-refractivity contribution in [2.75, 3.05) is 18.4 Å². The van der Waals surface area contributed by atoms with Gasteiger partial charge in [0.1, 0.15) is 11.5 Å². The Bertz CT molecular complexity index is 696. The van der Waals surface area contributed by atoms with Gasteiger partial charge in [-0.15, -0.1) is 0 Å². The highest BCUT2D eigenvalue weighted by atomic mass is 79.9. The van der Waals surface area contributed by atoms with Crippen molar-refractivity contribution < 1.29 is 4.79 Å². The lowest BCUT2D eigenvalue weighted by Gasteiger charge is -2.26. The normalized spacial score (nSPS) is 14.6. The maximum absolute atomic E-state index is 12.3. The third-order valence-electron chi connectivity index (χ3n) is 3.96. The fourth-order valence-corrected chi connectivity index (χ4v) is 2.96. The number of nitrogens with one attached hydrogen (secondary N) is 1. The van der Waals surface area contributed by atoms with Crippen LogP contribution in [0.3, 0.4) is 0 Å². The molecule has 1 aliphatic heterocycles. The molecule has 2 aromatic rings. The summed E-state index contributed by atoms with van der Waals surface area (Å²) in [6.07, 6.45) is 6.49. The quantitative estimate of drug-likeness (QED) is 0.884. The first-order chi connectivity index (χ1) is 11.1. The lowest BCUT2D eigenvalue weighted by atomic mass is 10.1. The number of amides is 1. The van der Waals surface area contributed by atoms with Crippen LogP contribution in [0.5, 0.6) is 0 Å². The molecular formula is C17H19BrN4O. The molecule has 1 saturated heterocycles. The van der Waals surface area contributed by atoms with Crippen LogP contribution in [0, 0.1) is 6.92 Å². The molecule has 0 spiro atoms. The van der Waals surface area contributed by atoms with Crippen LogP contribution < -0.4 is 5.32 Å². The average molecular weight is 375 g/mol. The number of carbonyl (C=O) groups is 1. The van der Waals surface area contributed by atoms with Crippen LogP contribution in [0.2, 0.25) is 0 Å². The molecule has 120 valence electrons. The Morgan fingerprint density at radius 1 is 1.17 bits per heavy atom. The second-order valence-corrected chi connectivity index (χ2v) is 6.58. The van der Waals surface area contributed by atoms with E-state index in [0.717, 1.165) is 36.1 Å². The molecule has 0 atom stereocenters. The van der Waals surface area contributed by atoms with Crippen molar-refractivity contribution in [3.8, 4) is 0 Å². The van der Waals surface area contributed by atoms with Crippen molar-refractivity contribution >= 4 is 33.3 Å². The number of likely N-dealkylation sites (tertiary alicyclic amines) is 1. The molecule has 2 heterocycles. The number of rotatable bonds is 3. The van der Waals surface area contributed by atoms with Gasteiger partial charge in [-0.05, 0) is 43.9 Å². The fourth-order valence-electron chi connectivity index (χ4n) is 2.58. The molecule has 0 unspecified atom stereocenters. The molecule has 6 heteroatoms. The molecule has 1 N–H and O–H groups in total. The smallest absolute Gasteiger partial charge is 0.274 e. The highest BCUT2D eigenvalue weighted by Gasteiger charge is 2.19. The van der Waals surface area contributed by atoms with E-state index in [4.69, 9.17) is 0 Å². The van der Waals surface area contributed by atoms with Gasteiger partial charge in [-0.3, -0.25) is 4.79 Å². The Hall–Kier alpha value is -1.95. The summed E-state index contributed by atoms with van der Waals surface area (Å²) in [5, 5.41) is 3.19. The second kappa shape index (κ2) is 7.08. The summed E-state index contributed by atoms with van der Waals surface area (Å²) in [4.78, 5) is 22.8. The minimum absolute atomic E-state index is 0.0261. The largest absolute Gasteiger partial charge is 0.339 e. The molecule has 1 amide bonds.